The molecule has 0 spiro atoms. The number of aryl methyl sites for hydroxylation is 2. The van der Waals surface area contributed by atoms with Crippen molar-refractivity contribution in [2.75, 3.05) is 0 Å². The maximum atomic E-state index is 5.26. The van der Waals surface area contributed by atoms with E-state index in [9.17, 15) is 0 Å². The van der Waals surface area contributed by atoms with Crippen molar-refractivity contribution in [2.24, 2.45) is 0 Å². The number of aromatic nitrogens is 3. The van der Waals surface area contributed by atoms with Gasteiger partial charge < -0.3 is 0 Å². The Morgan fingerprint density at radius 2 is 1.06 bits per heavy atom. The molecule has 0 aliphatic rings. The van der Waals surface area contributed by atoms with E-state index in [0.29, 0.717) is 17.5 Å². The Labute approximate surface area is 320 Å². The fourth-order valence-electron chi connectivity index (χ4n) is 7.73. The van der Waals surface area contributed by atoms with Gasteiger partial charge in [-0.3, -0.25) is 0 Å². The van der Waals surface area contributed by atoms with E-state index in [-0.39, 0.29) is 5.92 Å². The molecule has 2 aromatic heterocycles. The molecule has 0 aliphatic carbocycles. The molecule has 0 saturated heterocycles. The normalized spacial score (nSPS) is 12.0. The molecule has 0 aliphatic heterocycles. The Morgan fingerprint density at radius 3 is 1.83 bits per heavy atom. The maximum Gasteiger partial charge on any atom is 0.164 e. The summed E-state index contributed by atoms with van der Waals surface area (Å²) in [6, 6.07) is 58.5. The van der Waals surface area contributed by atoms with Gasteiger partial charge in [0.05, 0.1) is 0 Å². The maximum absolute atomic E-state index is 5.26. The molecule has 9 aromatic rings. The van der Waals surface area contributed by atoms with Crippen LogP contribution in [0.25, 0.3) is 76.6 Å². The Kier molecular flexibility index (Phi) is 8.90. The third kappa shape index (κ3) is 6.29. The van der Waals surface area contributed by atoms with Crippen LogP contribution in [-0.2, 0) is 0 Å². The van der Waals surface area contributed by atoms with Gasteiger partial charge in [-0.05, 0) is 89.0 Å². The summed E-state index contributed by atoms with van der Waals surface area (Å²) in [6.45, 7) is 6.63. The average molecular weight is 714 g/mol. The standard InChI is InChI=1S/C50H39N3S/c1-4-39(36-17-9-6-10-18-36)40-19-11-12-20-41(40)43-30-38(24-23-32(43)2)49-51-48(37-27-25-35(26-28-37)34-15-7-5-8-16-34)52-50(53-49)44-31-45-42-21-13-14-22-46(42)54-47(45)29-33(44)3/h5-31,39H,4H2,1-3H3. The summed E-state index contributed by atoms with van der Waals surface area (Å²) in [5, 5.41) is 2.48. The molecule has 3 nitrogen and oxygen atoms in total. The predicted octanol–water partition coefficient (Wildman–Crippen LogP) is 13.7. The van der Waals surface area contributed by atoms with Crippen LogP contribution in [0.15, 0.2) is 164 Å². The van der Waals surface area contributed by atoms with Gasteiger partial charge in [-0.25, -0.2) is 15.0 Å². The first kappa shape index (κ1) is 33.6. The number of rotatable bonds is 8. The van der Waals surface area contributed by atoms with Gasteiger partial charge in [-0.1, -0.05) is 146 Å². The van der Waals surface area contributed by atoms with Crippen molar-refractivity contribution in [1.29, 1.82) is 0 Å². The largest absolute Gasteiger partial charge is 0.208 e. The van der Waals surface area contributed by atoms with E-state index in [1.807, 2.05) is 17.4 Å². The first-order valence-electron chi connectivity index (χ1n) is 18.6. The van der Waals surface area contributed by atoms with Crippen molar-refractivity contribution in [3.8, 4) is 56.4 Å². The summed E-state index contributed by atoms with van der Waals surface area (Å²) < 4.78 is 2.55. The number of nitrogens with zero attached hydrogens (tertiary/aromatic N) is 3. The molecular weight excluding hydrogens is 675 g/mol. The van der Waals surface area contributed by atoms with Gasteiger partial charge in [-0.15, -0.1) is 11.3 Å². The highest BCUT2D eigenvalue weighted by Crippen LogP contribution is 2.40. The molecule has 1 unspecified atom stereocenters. The molecule has 0 saturated carbocycles. The van der Waals surface area contributed by atoms with Crippen molar-refractivity contribution in [3.63, 3.8) is 0 Å². The van der Waals surface area contributed by atoms with Gasteiger partial charge >= 0.3 is 0 Å². The summed E-state index contributed by atoms with van der Waals surface area (Å²) in [7, 11) is 0. The lowest BCUT2D eigenvalue weighted by atomic mass is 9.83. The number of hydrogen-bond acceptors (Lipinski definition) is 4. The summed E-state index contributed by atoms with van der Waals surface area (Å²) >= 11 is 1.83. The smallest absolute Gasteiger partial charge is 0.164 e. The summed E-state index contributed by atoms with van der Waals surface area (Å²) in [4.78, 5) is 15.7. The van der Waals surface area contributed by atoms with Gasteiger partial charge in [0.25, 0.3) is 0 Å². The summed E-state index contributed by atoms with van der Waals surface area (Å²) in [6.07, 6.45) is 1.01. The third-order valence-corrected chi connectivity index (χ3v) is 11.7. The molecule has 9 rings (SSSR count). The van der Waals surface area contributed by atoms with Gasteiger partial charge in [0.2, 0.25) is 0 Å². The van der Waals surface area contributed by atoms with Gasteiger partial charge in [0, 0.05) is 42.8 Å². The number of fused-ring (bicyclic) bond motifs is 3. The van der Waals surface area contributed by atoms with Gasteiger partial charge in [0.15, 0.2) is 17.5 Å². The van der Waals surface area contributed by atoms with Crippen LogP contribution in [0.4, 0.5) is 0 Å². The van der Waals surface area contributed by atoms with E-state index >= 15 is 0 Å². The molecule has 0 bridgehead atoms. The van der Waals surface area contributed by atoms with Crippen LogP contribution in [0.3, 0.4) is 0 Å². The number of thiophene rings is 1. The van der Waals surface area contributed by atoms with E-state index in [0.717, 1.165) is 34.2 Å². The average Bonchev–Trinajstić information content (AvgIpc) is 3.59. The third-order valence-electron chi connectivity index (χ3n) is 10.6. The Bertz CT molecular complexity index is 2770. The molecule has 2 heterocycles. The van der Waals surface area contributed by atoms with E-state index in [1.165, 1.54) is 53.6 Å². The van der Waals surface area contributed by atoms with Crippen LogP contribution < -0.4 is 0 Å². The van der Waals surface area contributed by atoms with Crippen molar-refractivity contribution >= 4 is 31.5 Å². The van der Waals surface area contributed by atoms with E-state index in [4.69, 9.17) is 15.0 Å². The minimum atomic E-state index is 0.283. The quantitative estimate of drug-likeness (QED) is 0.157. The van der Waals surface area contributed by atoms with Gasteiger partial charge in [-0.2, -0.15) is 0 Å². The van der Waals surface area contributed by atoms with Crippen LogP contribution in [0, 0.1) is 13.8 Å². The van der Waals surface area contributed by atoms with Crippen LogP contribution in [0.1, 0.15) is 41.5 Å². The lowest BCUT2D eigenvalue weighted by Gasteiger charge is -2.21. The molecule has 0 N–H and O–H groups in total. The van der Waals surface area contributed by atoms with E-state index in [2.05, 4.69) is 178 Å². The number of benzene rings is 7. The molecule has 1 atom stereocenters. The monoisotopic (exact) mass is 713 g/mol. The predicted molar refractivity (Wildman–Crippen MR) is 228 cm³/mol. The SMILES string of the molecule is CCC(c1ccccc1)c1ccccc1-c1cc(-c2nc(-c3ccc(-c4ccccc4)cc3)nc(-c3cc4c(cc3C)sc3ccccc34)n2)ccc1C. The second-order valence-electron chi connectivity index (χ2n) is 14.0. The minimum absolute atomic E-state index is 0.283. The lowest BCUT2D eigenvalue weighted by molar-refractivity contribution is 0.779. The molecule has 4 heteroatoms. The minimum Gasteiger partial charge on any atom is -0.208 e. The second-order valence-corrected chi connectivity index (χ2v) is 15.1. The Hall–Kier alpha value is -6.23. The van der Waals surface area contributed by atoms with E-state index < -0.39 is 0 Å². The lowest BCUT2D eigenvalue weighted by Crippen LogP contribution is -2.03. The van der Waals surface area contributed by atoms with Crippen LogP contribution >= 0.6 is 11.3 Å². The van der Waals surface area contributed by atoms with Gasteiger partial charge in [0.1, 0.15) is 0 Å². The first-order valence-corrected chi connectivity index (χ1v) is 19.4. The topological polar surface area (TPSA) is 38.7 Å². The highest BCUT2D eigenvalue weighted by molar-refractivity contribution is 7.25. The molecule has 0 radical (unpaired) electrons. The fourth-order valence-corrected chi connectivity index (χ4v) is 8.91. The van der Waals surface area contributed by atoms with Crippen molar-refractivity contribution < 1.29 is 0 Å². The van der Waals surface area contributed by atoms with Crippen molar-refractivity contribution in [2.45, 2.75) is 33.1 Å². The van der Waals surface area contributed by atoms with Crippen molar-refractivity contribution in [1.82, 2.24) is 15.0 Å². The number of hydrogen-bond donors (Lipinski definition) is 0. The molecule has 7 aromatic carbocycles. The molecule has 0 amide bonds. The van der Waals surface area contributed by atoms with Crippen LogP contribution in [0.2, 0.25) is 0 Å². The molecular formula is C50H39N3S. The molecule has 260 valence electrons. The Balaban J connectivity index is 1.21. The zero-order chi connectivity index (χ0) is 36.6. The van der Waals surface area contributed by atoms with Crippen LogP contribution in [0.5, 0.6) is 0 Å². The second kappa shape index (κ2) is 14.3. The first-order chi connectivity index (χ1) is 26.5. The zero-order valence-corrected chi connectivity index (χ0v) is 31.4. The summed E-state index contributed by atoms with van der Waals surface area (Å²) in [5.74, 6) is 2.27. The highest BCUT2D eigenvalue weighted by atomic mass is 32.1. The Morgan fingerprint density at radius 1 is 0.444 bits per heavy atom. The summed E-state index contributed by atoms with van der Waals surface area (Å²) in [5.41, 5.74) is 12.7. The highest BCUT2D eigenvalue weighted by Gasteiger charge is 2.20. The molecule has 54 heavy (non-hydrogen) atoms. The van der Waals surface area contributed by atoms with Crippen molar-refractivity contribution in [3.05, 3.63) is 186 Å². The van der Waals surface area contributed by atoms with Crippen LogP contribution in [-0.4, -0.2) is 15.0 Å². The zero-order valence-electron chi connectivity index (χ0n) is 30.6. The fraction of sp³-hybridized carbons (Fsp3) is 0.100. The molecule has 0 fully saturated rings. The van der Waals surface area contributed by atoms with E-state index in [1.54, 1.807) is 0 Å².